The number of benzene rings is 3. The minimum atomic E-state index is -4.11. The van der Waals surface area contributed by atoms with Gasteiger partial charge in [0.25, 0.3) is 0 Å². The summed E-state index contributed by atoms with van der Waals surface area (Å²) >= 11 is 0. The maximum Gasteiger partial charge on any atom is 0.338 e. The smallest absolute Gasteiger partial charge is 0.338 e. The van der Waals surface area contributed by atoms with E-state index in [9.17, 15) is 13.2 Å². The third-order valence-electron chi connectivity index (χ3n) is 6.32. The van der Waals surface area contributed by atoms with Crippen molar-refractivity contribution in [2.45, 2.75) is 19.2 Å². The molecule has 10 heteroatoms. The molecule has 1 saturated heterocycles. The van der Waals surface area contributed by atoms with Gasteiger partial charge in [0.1, 0.15) is 17.0 Å². The quantitative estimate of drug-likeness (QED) is 0.240. The lowest BCUT2D eigenvalue weighted by Crippen LogP contribution is -2.35. The fraction of sp³-hybridized carbons (Fsp3) is 0.286. The minimum absolute atomic E-state index is 0.178. The van der Waals surface area contributed by atoms with Crippen LogP contribution in [0.15, 0.2) is 65.1 Å². The number of rotatable bonds is 8. The van der Waals surface area contributed by atoms with Crippen molar-refractivity contribution in [1.29, 1.82) is 0 Å². The van der Waals surface area contributed by atoms with E-state index < -0.39 is 21.8 Å². The second kappa shape index (κ2) is 10.9. The summed E-state index contributed by atoms with van der Waals surface area (Å²) in [6.45, 7) is 5.08. The molecule has 0 aliphatic carbocycles. The topological polar surface area (TPSA) is 108 Å². The molecule has 2 heterocycles. The highest BCUT2D eigenvalue weighted by atomic mass is 32.2. The Morgan fingerprint density at radius 1 is 1.03 bits per heavy atom. The maximum absolute atomic E-state index is 13.1. The molecule has 1 aromatic heterocycles. The molecule has 38 heavy (non-hydrogen) atoms. The monoisotopic (exact) mass is 536 g/mol. The fourth-order valence-electron chi connectivity index (χ4n) is 4.39. The Hall–Kier alpha value is -3.73. The summed E-state index contributed by atoms with van der Waals surface area (Å²) in [7, 11) is -2.86. The van der Waals surface area contributed by atoms with Crippen molar-refractivity contribution < 1.29 is 31.3 Å². The number of morpholine rings is 1. The van der Waals surface area contributed by atoms with Gasteiger partial charge in [0, 0.05) is 30.8 Å². The van der Waals surface area contributed by atoms with Crippen LogP contribution in [-0.2, 0) is 31.9 Å². The molecule has 0 amide bonds. The van der Waals surface area contributed by atoms with Gasteiger partial charge in [-0.25, -0.2) is 9.78 Å². The van der Waals surface area contributed by atoms with E-state index in [1.54, 1.807) is 30.3 Å². The van der Waals surface area contributed by atoms with Crippen molar-refractivity contribution >= 4 is 27.2 Å². The van der Waals surface area contributed by atoms with Crippen molar-refractivity contribution in [2.24, 2.45) is 0 Å². The van der Waals surface area contributed by atoms with E-state index in [1.807, 2.05) is 31.2 Å². The molecular weight excluding hydrogens is 508 g/mol. The van der Waals surface area contributed by atoms with Gasteiger partial charge in [-0.1, -0.05) is 24.3 Å². The van der Waals surface area contributed by atoms with Gasteiger partial charge in [-0.05, 0) is 54.4 Å². The molecule has 0 bridgehead atoms. The Morgan fingerprint density at radius 2 is 1.82 bits per heavy atom. The molecule has 9 nitrogen and oxygen atoms in total. The largest absolute Gasteiger partial charge is 0.465 e. The summed E-state index contributed by atoms with van der Waals surface area (Å²) in [5.74, 6) is -0.443. The Balaban J connectivity index is 1.47. The highest BCUT2D eigenvalue weighted by molar-refractivity contribution is 7.86. The number of ether oxygens (including phenoxy) is 2. The third kappa shape index (κ3) is 5.88. The van der Waals surface area contributed by atoms with Gasteiger partial charge in [-0.2, -0.15) is 8.42 Å². The highest BCUT2D eigenvalue weighted by Crippen LogP contribution is 2.31. The van der Waals surface area contributed by atoms with Gasteiger partial charge in [-0.15, -0.1) is 0 Å². The van der Waals surface area contributed by atoms with Crippen molar-refractivity contribution in [1.82, 2.24) is 9.88 Å². The number of carbonyl (C=O) groups excluding carboxylic acids is 1. The van der Waals surface area contributed by atoms with Crippen LogP contribution in [0.25, 0.3) is 22.6 Å². The highest BCUT2D eigenvalue weighted by Gasteiger charge is 2.23. The number of carbonyl (C=O) groups is 1. The molecule has 1 fully saturated rings. The minimum Gasteiger partial charge on any atom is -0.465 e. The second-order valence-corrected chi connectivity index (χ2v) is 10.7. The summed E-state index contributed by atoms with van der Waals surface area (Å²) in [4.78, 5) is 18.9. The van der Waals surface area contributed by atoms with Crippen LogP contribution in [0, 0.1) is 6.92 Å². The van der Waals surface area contributed by atoms with E-state index in [4.69, 9.17) is 18.1 Å². The van der Waals surface area contributed by atoms with Gasteiger partial charge in [0.05, 0.1) is 25.9 Å². The van der Waals surface area contributed by atoms with Crippen molar-refractivity contribution in [3.05, 3.63) is 82.9 Å². The number of fused-ring (bicyclic) bond motifs is 1. The Kier molecular flexibility index (Phi) is 7.46. The first kappa shape index (κ1) is 25.9. The van der Waals surface area contributed by atoms with E-state index in [-0.39, 0.29) is 11.3 Å². The first-order chi connectivity index (χ1) is 18.3. The number of oxazole rings is 1. The summed E-state index contributed by atoms with van der Waals surface area (Å²) in [6.07, 6.45) is 0. The van der Waals surface area contributed by atoms with Crippen molar-refractivity contribution in [2.75, 3.05) is 33.4 Å². The van der Waals surface area contributed by atoms with Crippen LogP contribution in [0.2, 0.25) is 0 Å². The average Bonchev–Trinajstić information content (AvgIpc) is 3.33. The van der Waals surface area contributed by atoms with Crippen LogP contribution in [-0.4, -0.2) is 57.7 Å². The van der Waals surface area contributed by atoms with E-state index >= 15 is 0 Å². The number of hydrogen-bond acceptors (Lipinski definition) is 9. The number of hydrogen-bond donors (Lipinski definition) is 0. The average molecular weight is 537 g/mol. The number of methoxy groups -OCH3 is 1. The van der Waals surface area contributed by atoms with Crippen LogP contribution >= 0.6 is 0 Å². The first-order valence-electron chi connectivity index (χ1n) is 12.2. The molecule has 0 unspecified atom stereocenters. The number of aromatic nitrogens is 1. The van der Waals surface area contributed by atoms with Gasteiger partial charge in [0.2, 0.25) is 5.89 Å². The molecule has 0 saturated carbocycles. The fourth-order valence-corrected chi connectivity index (χ4v) is 5.52. The standard InChI is InChI=1S/C28H28N2O7S/c1-19-7-9-26-24(15-19)29-27(36-26)20-8-10-25(22(16-20)17-30-11-13-35-14-12-30)37-38(32,33)18-21-5-3-4-6-23(21)28(31)34-2/h3-10,15-16H,11-14,17-18H2,1-2H3. The van der Waals surface area contributed by atoms with Crippen LogP contribution in [0.1, 0.15) is 27.0 Å². The Bertz CT molecular complexity index is 1570. The summed E-state index contributed by atoms with van der Waals surface area (Å²) in [5, 5.41) is 0. The van der Waals surface area contributed by atoms with E-state index in [0.29, 0.717) is 61.0 Å². The van der Waals surface area contributed by atoms with Crippen LogP contribution < -0.4 is 4.18 Å². The number of nitrogens with zero attached hydrogens (tertiary/aromatic N) is 2. The van der Waals surface area contributed by atoms with Crippen LogP contribution in [0.5, 0.6) is 5.75 Å². The van der Waals surface area contributed by atoms with Crippen molar-refractivity contribution in [3.63, 3.8) is 0 Å². The Morgan fingerprint density at radius 3 is 2.61 bits per heavy atom. The van der Waals surface area contributed by atoms with Crippen LogP contribution in [0.3, 0.4) is 0 Å². The zero-order valence-corrected chi connectivity index (χ0v) is 22.0. The first-order valence-corrected chi connectivity index (χ1v) is 13.8. The predicted molar refractivity (Wildman–Crippen MR) is 141 cm³/mol. The summed E-state index contributed by atoms with van der Waals surface area (Å²) < 4.78 is 48.1. The summed E-state index contributed by atoms with van der Waals surface area (Å²) in [6, 6.07) is 17.4. The molecule has 5 rings (SSSR count). The SMILES string of the molecule is COC(=O)c1ccccc1CS(=O)(=O)Oc1ccc(-c2nc3cc(C)ccc3o2)cc1CN1CCOCC1. The molecule has 4 aromatic rings. The molecule has 1 aliphatic heterocycles. The molecule has 1 aliphatic rings. The zero-order chi connectivity index (χ0) is 26.7. The second-order valence-electron chi connectivity index (χ2n) is 9.14. The van der Waals surface area contributed by atoms with Crippen molar-refractivity contribution in [3.8, 4) is 17.2 Å². The molecular formula is C28H28N2O7S. The van der Waals surface area contributed by atoms with E-state index in [1.165, 1.54) is 13.2 Å². The van der Waals surface area contributed by atoms with Gasteiger partial charge >= 0.3 is 16.1 Å². The molecule has 0 N–H and O–H groups in total. The Labute approximate surface area is 221 Å². The number of aryl methyl sites for hydroxylation is 1. The summed E-state index contributed by atoms with van der Waals surface area (Å²) in [5.41, 5.74) is 4.36. The molecule has 0 spiro atoms. The lowest BCUT2D eigenvalue weighted by atomic mass is 10.1. The molecule has 0 atom stereocenters. The maximum atomic E-state index is 13.1. The molecule has 0 radical (unpaired) electrons. The van der Waals surface area contributed by atoms with Gasteiger partial charge < -0.3 is 18.1 Å². The van der Waals surface area contributed by atoms with Gasteiger partial charge in [0.15, 0.2) is 5.58 Å². The third-order valence-corrected chi connectivity index (χ3v) is 7.42. The zero-order valence-electron chi connectivity index (χ0n) is 21.2. The lowest BCUT2D eigenvalue weighted by Gasteiger charge is -2.27. The van der Waals surface area contributed by atoms with Gasteiger partial charge in [-0.3, -0.25) is 4.90 Å². The van der Waals surface area contributed by atoms with E-state index in [2.05, 4.69) is 9.88 Å². The molecule has 198 valence electrons. The van der Waals surface area contributed by atoms with Crippen LogP contribution in [0.4, 0.5) is 0 Å². The number of esters is 1. The normalized spacial score (nSPS) is 14.5. The van der Waals surface area contributed by atoms with E-state index in [0.717, 1.165) is 11.1 Å². The molecule has 3 aromatic carbocycles. The predicted octanol–water partition coefficient (Wildman–Crippen LogP) is 4.33. The lowest BCUT2D eigenvalue weighted by molar-refractivity contribution is 0.0340.